The van der Waals surface area contributed by atoms with E-state index in [-0.39, 0.29) is 30.0 Å². The summed E-state index contributed by atoms with van der Waals surface area (Å²) in [6.45, 7) is 0.443. The van der Waals surface area contributed by atoms with Crippen LogP contribution in [0, 0.1) is 5.82 Å². The number of carbonyl (C=O) groups excluding carboxylic acids is 1. The van der Waals surface area contributed by atoms with Crippen LogP contribution >= 0.6 is 0 Å². The molecule has 4 aromatic rings. The maximum atomic E-state index is 13.8. The smallest absolute Gasteiger partial charge is 0.276 e. The number of benzene rings is 2. The van der Waals surface area contributed by atoms with Crippen LogP contribution < -0.4 is 20.3 Å². The van der Waals surface area contributed by atoms with Crippen molar-refractivity contribution >= 4 is 11.4 Å². The first-order valence-electron chi connectivity index (χ1n) is 9.85. The van der Waals surface area contributed by atoms with Gasteiger partial charge in [-0.3, -0.25) is 9.59 Å². The van der Waals surface area contributed by atoms with Gasteiger partial charge in [-0.2, -0.15) is 5.10 Å². The number of aromatic nitrogens is 3. The summed E-state index contributed by atoms with van der Waals surface area (Å²) < 4.78 is 26.9. The van der Waals surface area contributed by atoms with E-state index in [4.69, 9.17) is 9.47 Å². The Morgan fingerprint density at radius 3 is 2.69 bits per heavy atom. The minimum atomic E-state index is -0.616. The highest BCUT2D eigenvalue weighted by Crippen LogP contribution is 2.23. The number of nitrogens with zero attached hydrogens (tertiary/aromatic N) is 3. The molecule has 2 aromatic carbocycles. The fraction of sp³-hybridized carbons (Fsp3) is 0.174. The lowest BCUT2D eigenvalue weighted by atomic mass is 10.1. The number of hydrogen-bond acceptors (Lipinski definition) is 5. The zero-order valence-corrected chi connectivity index (χ0v) is 17.5. The molecule has 2 heterocycles. The summed E-state index contributed by atoms with van der Waals surface area (Å²) >= 11 is 0. The molecule has 0 fully saturated rings. The van der Waals surface area contributed by atoms with Gasteiger partial charge in [0.15, 0.2) is 11.6 Å². The standard InChI is InChI=1S/C23H21FN4O4/c1-31-17-5-3-4-15(12-17)19-14-20-23(30)27(10-11-28(20)26-19)9-8-25-22(29)16-6-7-21(32-2)18(24)13-16/h3-7,10-14H,8-9H2,1-2H3,(H,25,29). The minimum absolute atomic E-state index is 0.0653. The summed E-state index contributed by atoms with van der Waals surface area (Å²) in [5.41, 5.74) is 1.82. The van der Waals surface area contributed by atoms with Crippen LogP contribution in [0.15, 0.2) is 65.7 Å². The van der Waals surface area contributed by atoms with Gasteiger partial charge >= 0.3 is 0 Å². The molecule has 0 saturated carbocycles. The fourth-order valence-electron chi connectivity index (χ4n) is 3.33. The number of halogens is 1. The van der Waals surface area contributed by atoms with Gasteiger partial charge in [0.05, 0.1) is 19.9 Å². The molecule has 0 spiro atoms. The zero-order chi connectivity index (χ0) is 22.7. The molecule has 0 bridgehead atoms. The summed E-state index contributed by atoms with van der Waals surface area (Å²) in [6.07, 6.45) is 3.29. The Bertz CT molecular complexity index is 1350. The predicted octanol–water partition coefficient (Wildman–Crippen LogP) is 2.75. The molecule has 1 N–H and O–H groups in total. The highest BCUT2D eigenvalue weighted by atomic mass is 19.1. The van der Waals surface area contributed by atoms with Gasteiger partial charge < -0.3 is 19.4 Å². The number of nitrogens with one attached hydrogen (secondary N) is 1. The molecule has 32 heavy (non-hydrogen) atoms. The summed E-state index contributed by atoms with van der Waals surface area (Å²) in [5.74, 6) is -0.292. The van der Waals surface area contributed by atoms with E-state index in [9.17, 15) is 14.0 Å². The van der Waals surface area contributed by atoms with Gasteiger partial charge in [-0.15, -0.1) is 0 Å². The third-order valence-corrected chi connectivity index (χ3v) is 5.02. The second-order valence-electron chi connectivity index (χ2n) is 6.99. The van der Waals surface area contributed by atoms with E-state index in [1.807, 2.05) is 24.3 Å². The van der Waals surface area contributed by atoms with Crippen LogP contribution in [-0.2, 0) is 6.54 Å². The number of rotatable bonds is 7. The molecule has 0 atom stereocenters. The second-order valence-corrected chi connectivity index (χ2v) is 6.99. The fourth-order valence-corrected chi connectivity index (χ4v) is 3.33. The third-order valence-electron chi connectivity index (χ3n) is 5.02. The van der Waals surface area contributed by atoms with Crippen molar-refractivity contribution in [1.82, 2.24) is 19.5 Å². The topological polar surface area (TPSA) is 86.9 Å². The van der Waals surface area contributed by atoms with Crippen molar-refractivity contribution in [3.63, 3.8) is 0 Å². The van der Waals surface area contributed by atoms with Gasteiger partial charge in [0.25, 0.3) is 11.5 Å². The lowest BCUT2D eigenvalue weighted by Gasteiger charge is -2.09. The van der Waals surface area contributed by atoms with Crippen molar-refractivity contribution in [1.29, 1.82) is 0 Å². The van der Waals surface area contributed by atoms with E-state index in [1.165, 1.54) is 28.3 Å². The van der Waals surface area contributed by atoms with Gasteiger partial charge in [0.1, 0.15) is 11.3 Å². The van der Waals surface area contributed by atoms with Crippen molar-refractivity contribution in [2.24, 2.45) is 0 Å². The number of methoxy groups -OCH3 is 2. The number of carbonyl (C=O) groups is 1. The molecule has 2 aromatic heterocycles. The van der Waals surface area contributed by atoms with E-state index in [0.717, 1.165) is 11.6 Å². The lowest BCUT2D eigenvalue weighted by Crippen LogP contribution is -2.31. The van der Waals surface area contributed by atoms with Crippen LogP contribution in [0.1, 0.15) is 10.4 Å². The first-order valence-corrected chi connectivity index (χ1v) is 9.85. The summed E-state index contributed by atoms with van der Waals surface area (Å²) in [4.78, 5) is 25.1. The van der Waals surface area contributed by atoms with Crippen molar-refractivity contribution in [3.05, 3.63) is 82.7 Å². The van der Waals surface area contributed by atoms with Gasteiger partial charge in [-0.1, -0.05) is 12.1 Å². The van der Waals surface area contributed by atoms with E-state index in [1.54, 1.807) is 25.6 Å². The molecule has 0 aliphatic rings. The van der Waals surface area contributed by atoms with E-state index in [0.29, 0.717) is 17.0 Å². The first kappa shape index (κ1) is 21.1. The Morgan fingerprint density at radius 1 is 1.09 bits per heavy atom. The highest BCUT2D eigenvalue weighted by molar-refractivity contribution is 5.94. The van der Waals surface area contributed by atoms with Crippen molar-refractivity contribution < 1.29 is 18.7 Å². The molecular formula is C23H21FN4O4. The molecule has 0 radical (unpaired) electrons. The average Bonchev–Trinajstić information content (AvgIpc) is 3.26. The van der Waals surface area contributed by atoms with Gasteiger partial charge in [0.2, 0.25) is 0 Å². The zero-order valence-electron chi connectivity index (χ0n) is 17.5. The molecule has 9 heteroatoms. The van der Waals surface area contributed by atoms with Crippen LogP contribution in [0.2, 0.25) is 0 Å². The summed E-state index contributed by atoms with van der Waals surface area (Å²) in [7, 11) is 2.94. The molecule has 164 valence electrons. The van der Waals surface area contributed by atoms with Crippen LogP contribution in [0.4, 0.5) is 4.39 Å². The van der Waals surface area contributed by atoms with Crippen LogP contribution in [0.5, 0.6) is 11.5 Å². The van der Waals surface area contributed by atoms with Crippen LogP contribution in [0.25, 0.3) is 16.8 Å². The largest absolute Gasteiger partial charge is 0.497 e. The van der Waals surface area contributed by atoms with E-state index >= 15 is 0 Å². The van der Waals surface area contributed by atoms with Crippen molar-refractivity contribution in [3.8, 4) is 22.8 Å². The van der Waals surface area contributed by atoms with Crippen LogP contribution in [0.3, 0.4) is 0 Å². The highest BCUT2D eigenvalue weighted by Gasteiger charge is 2.12. The molecule has 0 aliphatic heterocycles. The quantitative estimate of drug-likeness (QED) is 0.482. The molecular weight excluding hydrogens is 415 g/mol. The first-order chi connectivity index (χ1) is 15.5. The Balaban J connectivity index is 1.48. The normalized spacial score (nSPS) is 10.8. The van der Waals surface area contributed by atoms with Gasteiger partial charge in [0, 0.05) is 36.6 Å². The van der Waals surface area contributed by atoms with Crippen LogP contribution in [-0.4, -0.2) is 40.9 Å². The number of amides is 1. The van der Waals surface area contributed by atoms with E-state index in [2.05, 4.69) is 10.4 Å². The summed E-state index contributed by atoms with van der Waals surface area (Å²) in [5, 5.41) is 7.15. The Morgan fingerprint density at radius 2 is 1.94 bits per heavy atom. The molecule has 8 nitrogen and oxygen atoms in total. The molecule has 4 rings (SSSR count). The number of ether oxygens (including phenoxy) is 2. The van der Waals surface area contributed by atoms with Crippen molar-refractivity contribution in [2.45, 2.75) is 6.54 Å². The number of fused-ring (bicyclic) bond motifs is 1. The molecule has 0 unspecified atom stereocenters. The minimum Gasteiger partial charge on any atom is -0.497 e. The maximum Gasteiger partial charge on any atom is 0.276 e. The number of hydrogen-bond donors (Lipinski definition) is 1. The predicted molar refractivity (Wildman–Crippen MR) is 117 cm³/mol. The third kappa shape index (κ3) is 4.18. The SMILES string of the molecule is COc1cccc(-c2cc3c(=O)n(CCNC(=O)c4ccc(OC)c(F)c4)ccn3n2)c1. The lowest BCUT2D eigenvalue weighted by molar-refractivity contribution is 0.0951. The Hall–Kier alpha value is -4.14. The molecule has 1 amide bonds. The Labute approximate surface area is 182 Å². The molecule has 0 saturated heterocycles. The Kier molecular flexibility index (Phi) is 5.89. The van der Waals surface area contributed by atoms with E-state index < -0.39 is 11.7 Å². The molecule has 0 aliphatic carbocycles. The monoisotopic (exact) mass is 436 g/mol. The maximum absolute atomic E-state index is 13.8. The second kappa shape index (κ2) is 8.93. The van der Waals surface area contributed by atoms with Crippen molar-refractivity contribution in [2.75, 3.05) is 20.8 Å². The van der Waals surface area contributed by atoms with Gasteiger partial charge in [-0.25, -0.2) is 8.91 Å². The average molecular weight is 436 g/mol. The summed E-state index contributed by atoms with van der Waals surface area (Å²) in [6, 6.07) is 13.1. The van der Waals surface area contributed by atoms with Gasteiger partial charge in [-0.05, 0) is 36.4 Å².